The van der Waals surface area contributed by atoms with Crippen molar-refractivity contribution < 1.29 is 9.72 Å². The van der Waals surface area contributed by atoms with Crippen molar-refractivity contribution in [1.82, 2.24) is 10.0 Å². The fourth-order valence-electron chi connectivity index (χ4n) is 1.73. The first-order chi connectivity index (χ1) is 10.3. The molecule has 22 heavy (non-hydrogen) atoms. The van der Waals surface area contributed by atoms with Crippen LogP contribution >= 0.6 is 11.9 Å². The lowest BCUT2D eigenvalue weighted by Gasteiger charge is -2.12. The van der Waals surface area contributed by atoms with E-state index >= 15 is 0 Å². The van der Waals surface area contributed by atoms with E-state index in [2.05, 4.69) is 15.0 Å². The number of fused-ring (bicyclic) bond motifs is 1. The van der Waals surface area contributed by atoms with Crippen LogP contribution in [0.2, 0.25) is 0 Å². The maximum absolute atomic E-state index is 12.2. The summed E-state index contributed by atoms with van der Waals surface area (Å²) >= 11 is 1.37. The zero-order valence-corrected chi connectivity index (χ0v) is 13.2. The van der Waals surface area contributed by atoms with Crippen LogP contribution in [0.3, 0.4) is 0 Å². The summed E-state index contributed by atoms with van der Waals surface area (Å²) in [7, 11) is 0. The van der Waals surface area contributed by atoms with E-state index in [1.807, 2.05) is 6.08 Å². The highest BCUT2D eigenvalue weighted by Crippen LogP contribution is 2.26. The third-order valence-corrected chi connectivity index (χ3v) is 3.44. The molecule has 0 radical (unpaired) electrons. The van der Waals surface area contributed by atoms with Gasteiger partial charge in [0, 0.05) is 11.1 Å². The molecule has 0 fully saturated rings. The van der Waals surface area contributed by atoms with Crippen molar-refractivity contribution in [3.8, 4) is 0 Å². The molecule has 1 aliphatic heterocycles. The molecular weight excluding hydrogens is 304 g/mol. The van der Waals surface area contributed by atoms with Gasteiger partial charge in [-0.2, -0.15) is 0 Å². The molecule has 0 bridgehead atoms. The van der Waals surface area contributed by atoms with Crippen LogP contribution in [0.5, 0.6) is 0 Å². The minimum Gasteiger partial charge on any atom is -0.390 e. The number of hydrogen-bond donors (Lipinski definition) is 2. The van der Waals surface area contributed by atoms with Gasteiger partial charge in [-0.15, -0.1) is 4.99 Å². The first-order valence-electron chi connectivity index (χ1n) is 6.55. The fourth-order valence-corrected chi connectivity index (χ4v) is 2.43. The summed E-state index contributed by atoms with van der Waals surface area (Å²) in [6.45, 7) is 5.16. The zero-order chi connectivity index (χ0) is 16.3. The number of carbonyl (C=O) groups is 1. The van der Waals surface area contributed by atoms with Crippen molar-refractivity contribution in [3.05, 3.63) is 45.6 Å². The molecule has 1 heterocycles. The molecule has 0 unspecified atom stereocenters. The summed E-state index contributed by atoms with van der Waals surface area (Å²) in [4.78, 5) is 27.3. The number of aliphatic imine (C=N–C) groups is 1. The minimum atomic E-state index is -0.694. The van der Waals surface area contributed by atoms with E-state index in [0.717, 1.165) is 10.5 Å². The first kappa shape index (κ1) is 16.0. The van der Waals surface area contributed by atoms with E-state index < -0.39 is 22.3 Å². The summed E-state index contributed by atoms with van der Waals surface area (Å²) in [5.74, 6) is -1.11. The predicted octanol–water partition coefficient (Wildman–Crippen LogP) is 2.43. The summed E-state index contributed by atoms with van der Waals surface area (Å²) in [5.41, 5.74) is 0.667. The highest BCUT2D eigenvalue weighted by molar-refractivity contribution is 7.97. The molecule has 1 aliphatic rings. The van der Waals surface area contributed by atoms with Crippen LogP contribution < -0.4 is 10.0 Å². The van der Waals surface area contributed by atoms with Crippen molar-refractivity contribution in [2.45, 2.75) is 31.2 Å². The Morgan fingerprint density at radius 1 is 1.41 bits per heavy atom. The molecule has 0 atom stereocenters. The van der Waals surface area contributed by atoms with Crippen molar-refractivity contribution in [2.75, 3.05) is 0 Å². The second kappa shape index (κ2) is 6.18. The summed E-state index contributed by atoms with van der Waals surface area (Å²) < 4.78 is 2.97. The van der Waals surface area contributed by atoms with Crippen LogP contribution in [0, 0.1) is 10.1 Å². The van der Waals surface area contributed by atoms with Gasteiger partial charge in [-0.05, 0) is 61.4 Å². The number of rotatable bonds is 1. The first-order valence-corrected chi connectivity index (χ1v) is 7.36. The second-order valence-electron chi connectivity index (χ2n) is 5.62. The van der Waals surface area contributed by atoms with Crippen molar-refractivity contribution in [1.29, 1.82) is 0 Å². The highest BCUT2D eigenvalue weighted by Gasteiger charge is 2.23. The quantitative estimate of drug-likeness (QED) is 0.272. The average molecular weight is 320 g/mol. The van der Waals surface area contributed by atoms with Gasteiger partial charge in [-0.1, -0.05) is 6.07 Å². The van der Waals surface area contributed by atoms with E-state index in [1.165, 1.54) is 11.9 Å². The lowest BCUT2D eigenvalue weighted by Crippen LogP contribution is -2.38. The van der Waals surface area contributed by atoms with Gasteiger partial charge in [0.25, 0.3) is 0 Å². The van der Waals surface area contributed by atoms with Gasteiger partial charge < -0.3 is 14.8 Å². The molecular formula is C14H16N4O3S. The van der Waals surface area contributed by atoms with Crippen molar-refractivity contribution in [2.24, 2.45) is 4.99 Å². The maximum Gasteiger partial charge on any atom is 0.430 e. The Bertz CT molecular complexity index is 677. The number of hydrogen-bond acceptors (Lipinski definition) is 6. The van der Waals surface area contributed by atoms with E-state index in [0.29, 0.717) is 5.56 Å². The smallest absolute Gasteiger partial charge is 0.390 e. The van der Waals surface area contributed by atoms with Gasteiger partial charge >= 0.3 is 11.9 Å². The van der Waals surface area contributed by atoms with Crippen LogP contribution in [0.1, 0.15) is 36.7 Å². The van der Waals surface area contributed by atoms with Gasteiger partial charge in [-0.25, -0.2) is 5.32 Å². The molecule has 2 rings (SSSR count). The van der Waals surface area contributed by atoms with Gasteiger partial charge in [0.1, 0.15) is 5.54 Å². The number of nitrogens with zero attached hydrogens (tertiary/aromatic N) is 2. The van der Waals surface area contributed by atoms with Crippen molar-refractivity contribution >= 4 is 29.9 Å². The van der Waals surface area contributed by atoms with E-state index in [9.17, 15) is 14.9 Å². The van der Waals surface area contributed by atoms with Gasteiger partial charge in [-0.3, -0.25) is 4.79 Å². The third kappa shape index (κ3) is 4.08. The number of nitro groups is 1. The van der Waals surface area contributed by atoms with Crippen LogP contribution in [0.25, 0.3) is 6.08 Å². The molecule has 0 saturated carbocycles. The maximum atomic E-state index is 12.2. The second-order valence-corrected chi connectivity index (χ2v) is 6.50. The summed E-state index contributed by atoms with van der Waals surface area (Å²) in [6.07, 6.45) is 3.69. The predicted molar refractivity (Wildman–Crippen MR) is 86.1 cm³/mol. The van der Waals surface area contributed by atoms with Crippen LogP contribution in [0.15, 0.2) is 34.3 Å². The van der Waals surface area contributed by atoms with Crippen LogP contribution in [-0.4, -0.2) is 22.3 Å². The van der Waals surface area contributed by atoms with Gasteiger partial charge in [0.15, 0.2) is 0 Å². The topological polar surface area (TPSA) is 96.6 Å². The largest absolute Gasteiger partial charge is 0.430 e. The Kier molecular flexibility index (Phi) is 4.51. The van der Waals surface area contributed by atoms with Crippen LogP contribution in [0.4, 0.5) is 0 Å². The summed E-state index contributed by atoms with van der Waals surface area (Å²) in [6, 6.07) is 5.10. The molecule has 7 nitrogen and oxygen atoms in total. The fraction of sp³-hybridized carbons (Fsp3) is 0.286. The Labute approximate surface area is 132 Å². The minimum absolute atomic E-state index is 0.340. The number of amides is 1. The Balaban J connectivity index is 2.23. The van der Waals surface area contributed by atoms with Gasteiger partial charge in [0.2, 0.25) is 0 Å². The lowest BCUT2D eigenvalue weighted by atomic mass is 10.1. The average Bonchev–Trinajstić information content (AvgIpc) is 2.44. The van der Waals surface area contributed by atoms with E-state index in [1.54, 1.807) is 45.2 Å². The molecule has 1 amide bonds. The number of benzene rings is 1. The molecule has 2 N–H and O–H groups in total. The summed E-state index contributed by atoms with van der Waals surface area (Å²) in [5, 5.41) is 13.3. The molecule has 1 aromatic carbocycles. The van der Waals surface area contributed by atoms with E-state index in [-0.39, 0.29) is 0 Å². The number of guanidine groups is 1. The van der Waals surface area contributed by atoms with Gasteiger partial charge in [0.05, 0.1) is 5.56 Å². The molecule has 0 saturated heterocycles. The molecule has 0 aliphatic carbocycles. The lowest BCUT2D eigenvalue weighted by molar-refractivity contribution is -0.355. The standard InChI is InChI=1S/C14H16N4O3S/c1-14(2,3)17-13(18(20)21)16-12(19)10-5-4-9-6-7-15-22-11(9)8-10/h4-8,15H,1-3H3,(H,16,17,19). The molecule has 0 spiro atoms. The molecule has 0 aromatic heterocycles. The monoisotopic (exact) mass is 320 g/mol. The van der Waals surface area contributed by atoms with Crippen LogP contribution in [-0.2, 0) is 0 Å². The van der Waals surface area contributed by atoms with E-state index in [4.69, 9.17) is 0 Å². The Morgan fingerprint density at radius 2 is 2.14 bits per heavy atom. The Hall–Kier alpha value is -2.35. The molecule has 1 aromatic rings. The molecule has 116 valence electrons. The zero-order valence-electron chi connectivity index (χ0n) is 12.4. The molecule has 8 heteroatoms. The normalized spacial score (nSPS) is 14.0. The number of carbonyl (C=O) groups excluding carboxylic acids is 1. The number of nitrogens with one attached hydrogen (secondary N) is 2. The third-order valence-electron chi connectivity index (χ3n) is 2.62. The van der Waals surface area contributed by atoms with Crippen molar-refractivity contribution in [3.63, 3.8) is 0 Å². The SMILES string of the molecule is CC(C)(C)N=C(NC(=O)c1ccc2c(c1)SNC=C2)[N+](=O)[O-]. The Morgan fingerprint density at radius 3 is 2.77 bits per heavy atom. The highest BCUT2D eigenvalue weighted by atomic mass is 32.2.